The minimum Gasteiger partial charge on any atom is -0.497 e. The highest BCUT2D eigenvalue weighted by molar-refractivity contribution is 5.87. The Bertz CT molecular complexity index is 1600. The molecular formula is C25H27N7O10. The normalized spacial score (nSPS) is 19.9. The van der Waals surface area contributed by atoms with E-state index in [0.29, 0.717) is 11.4 Å². The van der Waals surface area contributed by atoms with Crippen molar-refractivity contribution in [2.75, 3.05) is 19.0 Å². The summed E-state index contributed by atoms with van der Waals surface area (Å²) in [6.07, 6.45) is -5.08. The first-order valence-corrected chi connectivity index (χ1v) is 12.5. The maximum absolute atomic E-state index is 13.0. The summed E-state index contributed by atoms with van der Waals surface area (Å²) in [4.78, 5) is 71.3. The molecule has 1 unspecified atom stereocenters. The predicted molar refractivity (Wildman–Crippen MR) is 141 cm³/mol. The van der Waals surface area contributed by atoms with E-state index < -0.39 is 53.9 Å². The fourth-order valence-corrected chi connectivity index (χ4v) is 4.16. The van der Waals surface area contributed by atoms with Gasteiger partial charge in [-0.3, -0.25) is 38.8 Å². The summed E-state index contributed by atoms with van der Waals surface area (Å²) in [6, 6.07) is 6.55. The second kappa shape index (κ2) is 12.5. The molecular weight excluding hydrogens is 558 g/mol. The van der Waals surface area contributed by atoms with Crippen molar-refractivity contribution >= 4 is 52.6 Å². The van der Waals surface area contributed by atoms with Gasteiger partial charge in [0.15, 0.2) is 29.6 Å². The van der Waals surface area contributed by atoms with Gasteiger partial charge in [0.25, 0.3) is 11.5 Å². The Morgan fingerprint density at radius 2 is 1.64 bits per heavy atom. The molecule has 4 rings (SSSR count). The Hall–Kier alpha value is -5.19. The number of hydrogen-bond acceptors (Lipinski definition) is 14. The van der Waals surface area contributed by atoms with Crippen LogP contribution in [0.1, 0.15) is 33.9 Å². The molecule has 1 fully saturated rings. The van der Waals surface area contributed by atoms with Crippen LogP contribution in [-0.4, -0.2) is 75.4 Å². The average Bonchev–Trinajstić information content (AvgIpc) is 3.43. The zero-order valence-corrected chi connectivity index (χ0v) is 23.1. The van der Waals surface area contributed by atoms with Crippen molar-refractivity contribution in [2.45, 2.75) is 52.2 Å². The quantitative estimate of drug-likeness (QED) is 0.209. The van der Waals surface area contributed by atoms with Crippen molar-refractivity contribution in [3.63, 3.8) is 0 Å². The molecule has 1 aliphatic rings. The first-order valence-electron chi connectivity index (χ1n) is 12.5. The van der Waals surface area contributed by atoms with Gasteiger partial charge in [-0.1, -0.05) is 0 Å². The van der Waals surface area contributed by atoms with Crippen molar-refractivity contribution in [1.29, 1.82) is 0 Å². The van der Waals surface area contributed by atoms with Crippen LogP contribution >= 0.6 is 0 Å². The summed E-state index contributed by atoms with van der Waals surface area (Å²) in [6.45, 7) is 4.30. The number of aromatic amines is 1. The number of ether oxygens (including phenoxy) is 5. The number of hydrogen-bond donors (Lipinski definition) is 2. The van der Waals surface area contributed by atoms with Gasteiger partial charge in [0.1, 0.15) is 18.5 Å². The number of anilines is 1. The molecule has 3 aromatic rings. The lowest BCUT2D eigenvalue weighted by atomic mass is 10.1. The molecule has 0 spiro atoms. The zero-order chi connectivity index (χ0) is 30.6. The predicted octanol–water partition coefficient (Wildman–Crippen LogP) is 1.83. The number of carbonyl (C=O) groups is 4. The summed E-state index contributed by atoms with van der Waals surface area (Å²) in [5.74, 6) is -2.48. The van der Waals surface area contributed by atoms with Gasteiger partial charge < -0.3 is 23.7 Å². The van der Waals surface area contributed by atoms with Gasteiger partial charge in [-0.15, -0.1) is 10.2 Å². The summed E-state index contributed by atoms with van der Waals surface area (Å²) >= 11 is 0. The Morgan fingerprint density at radius 1 is 0.976 bits per heavy atom. The molecule has 17 nitrogen and oxygen atoms in total. The number of nitrogens with zero attached hydrogens (tertiary/aromatic N) is 5. The number of imidazole rings is 1. The average molecular weight is 586 g/mol. The van der Waals surface area contributed by atoms with E-state index in [2.05, 4.69) is 30.5 Å². The van der Waals surface area contributed by atoms with E-state index in [-0.39, 0.29) is 29.7 Å². The Morgan fingerprint density at radius 3 is 2.24 bits per heavy atom. The van der Waals surface area contributed by atoms with Crippen LogP contribution in [0.5, 0.6) is 5.75 Å². The smallest absolute Gasteiger partial charge is 0.303 e. The highest BCUT2D eigenvalue weighted by Crippen LogP contribution is 2.39. The van der Waals surface area contributed by atoms with Crippen LogP contribution in [0.4, 0.5) is 17.6 Å². The lowest BCUT2D eigenvalue weighted by molar-refractivity contribution is -0.166. The summed E-state index contributed by atoms with van der Waals surface area (Å²) < 4.78 is 28.5. The number of aromatic nitrogens is 4. The van der Waals surface area contributed by atoms with Gasteiger partial charge in [0.2, 0.25) is 11.9 Å². The number of carbonyl (C=O) groups excluding carboxylic acids is 4. The molecule has 1 aliphatic heterocycles. The van der Waals surface area contributed by atoms with Crippen LogP contribution in [0.3, 0.4) is 0 Å². The Labute approximate surface area is 237 Å². The highest BCUT2D eigenvalue weighted by atomic mass is 16.7. The minimum absolute atomic E-state index is 0.136. The van der Waals surface area contributed by atoms with E-state index in [0.717, 1.165) is 13.8 Å². The van der Waals surface area contributed by atoms with Gasteiger partial charge in [-0.05, 0) is 24.3 Å². The maximum Gasteiger partial charge on any atom is 0.303 e. The molecule has 0 bridgehead atoms. The highest BCUT2D eigenvalue weighted by Gasteiger charge is 2.52. The molecule has 0 radical (unpaired) electrons. The number of fused-ring (bicyclic) bond motifs is 1. The van der Waals surface area contributed by atoms with Crippen LogP contribution in [-0.2, 0) is 38.1 Å². The number of nitrogens with one attached hydrogen (secondary N) is 2. The summed E-state index contributed by atoms with van der Waals surface area (Å²) in [5.41, 5.74) is -0.698. The second-order valence-corrected chi connectivity index (χ2v) is 8.96. The lowest BCUT2D eigenvalue weighted by Crippen LogP contribution is -2.40. The molecule has 17 heteroatoms. The minimum atomic E-state index is -1.37. The number of methoxy groups -OCH3 is 1. The van der Waals surface area contributed by atoms with Crippen LogP contribution in [0.2, 0.25) is 0 Å². The van der Waals surface area contributed by atoms with Crippen molar-refractivity contribution in [3.05, 3.63) is 34.6 Å². The van der Waals surface area contributed by atoms with E-state index in [9.17, 15) is 24.0 Å². The molecule has 0 aliphatic carbocycles. The largest absolute Gasteiger partial charge is 0.497 e. The van der Waals surface area contributed by atoms with E-state index in [1.165, 1.54) is 25.5 Å². The summed E-state index contributed by atoms with van der Waals surface area (Å²) in [7, 11) is 1.51. The van der Waals surface area contributed by atoms with Gasteiger partial charge in [-0.25, -0.2) is 4.98 Å². The lowest BCUT2D eigenvalue weighted by Gasteiger charge is -2.24. The number of esters is 3. The Balaban J connectivity index is 1.90. The standard InChI is InChI=1S/C25H27N7O10/c1-11(33)26-24-28-21-18(22(37)29-24)27-25(31-30-15-6-8-16(38-5)9-7-15)32(21)23-20(41-14(4)36)19(40-13(3)35)17(42-23)10-39-12(2)34/h6-9,17,19-20,23H,10H2,1-5H3,(H2,26,28,29,33,37)/b31-30+/t17-,19+,20?,23-/m1/s1. The van der Waals surface area contributed by atoms with E-state index >= 15 is 0 Å². The number of H-pyrrole nitrogens is 1. The third kappa shape index (κ3) is 6.74. The van der Waals surface area contributed by atoms with Crippen molar-refractivity contribution < 1.29 is 42.9 Å². The zero-order valence-electron chi connectivity index (χ0n) is 23.1. The van der Waals surface area contributed by atoms with Crippen LogP contribution in [0.15, 0.2) is 39.3 Å². The van der Waals surface area contributed by atoms with Crippen molar-refractivity contribution in [1.82, 2.24) is 19.5 Å². The molecule has 4 atom stereocenters. The second-order valence-electron chi connectivity index (χ2n) is 8.96. The fraction of sp³-hybridized carbons (Fsp3) is 0.400. The monoisotopic (exact) mass is 585 g/mol. The Kier molecular flexibility index (Phi) is 8.90. The molecule has 1 saturated heterocycles. The first-order chi connectivity index (χ1) is 20.0. The molecule has 2 aromatic heterocycles. The van der Waals surface area contributed by atoms with Crippen molar-refractivity contribution in [2.24, 2.45) is 10.2 Å². The molecule has 42 heavy (non-hydrogen) atoms. The number of amides is 1. The summed E-state index contributed by atoms with van der Waals surface area (Å²) in [5, 5.41) is 10.7. The first kappa shape index (κ1) is 29.8. The van der Waals surface area contributed by atoms with Gasteiger partial charge >= 0.3 is 17.9 Å². The van der Waals surface area contributed by atoms with Crippen molar-refractivity contribution in [3.8, 4) is 5.75 Å². The SMILES string of the molecule is COc1ccc(/N=N/c2nc3c(=O)[nH]c(NC(C)=O)nc3n2[C@@H]2O[C@H](COC(C)=O)[C@H](OC(C)=O)C2OC(C)=O)cc1. The molecule has 2 N–H and O–H groups in total. The topological polar surface area (TPSA) is 215 Å². The van der Waals surface area contributed by atoms with Crippen LogP contribution in [0, 0.1) is 0 Å². The molecule has 1 amide bonds. The third-order valence-electron chi connectivity index (χ3n) is 5.75. The van der Waals surface area contributed by atoms with Crippen LogP contribution in [0.25, 0.3) is 11.2 Å². The van der Waals surface area contributed by atoms with Crippen LogP contribution < -0.4 is 15.6 Å². The molecule has 3 heterocycles. The number of benzene rings is 1. The number of rotatable bonds is 9. The molecule has 0 saturated carbocycles. The fourth-order valence-electron chi connectivity index (χ4n) is 4.16. The van der Waals surface area contributed by atoms with Gasteiger partial charge in [0.05, 0.1) is 12.8 Å². The number of azo groups is 1. The van der Waals surface area contributed by atoms with E-state index in [1.807, 2.05) is 0 Å². The maximum atomic E-state index is 13.0. The third-order valence-corrected chi connectivity index (χ3v) is 5.75. The van der Waals surface area contributed by atoms with E-state index in [4.69, 9.17) is 23.7 Å². The van der Waals surface area contributed by atoms with Gasteiger partial charge in [-0.2, -0.15) is 4.98 Å². The molecule has 1 aromatic carbocycles. The van der Waals surface area contributed by atoms with Gasteiger partial charge in [0, 0.05) is 27.7 Å². The molecule has 222 valence electrons. The van der Waals surface area contributed by atoms with E-state index in [1.54, 1.807) is 24.3 Å².